The van der Waals surface area contributed by atoms with Crippen LogP contribution in [0.4, 0.5) is 0 Å². The molecule has 0 amide bonds. The van der Waals surface area contributed by atoms with E-state index in [2.05, 4.69) is 0 Å². The number of unbranched alkanes of at least 4 members (excludes halogenated alkanes) is 1. The molecular formula is C8H16O3. The predicted octanol–water partition coefficient (Wildman–Crippen LogP) is 1.26. The summed E-state index contributed by atoms with van der Waals surface area (Å²) < 4.78 is 0. The minimum absolute atomic E-state index is 0.201. The Morgan fingerprint density at radius 3 is 2.55 bits per heavy atom. The third-order valence-corrected chi connectivity index (χ3v) is 1.65. The average Bonchev–Trinajstić information content (AvgIpc) is 1.97. The topological polar surface area (TPSA) is 57.5 Å². The number of rotatable bonds is 6. The van der Waals surface area contributed by atoms with Crippen molar-refractivity contribution in [3.05, 3.63) is 0 Å². The van der Waals surface area contributed by atoms with E-state index in [0.717, 1.165) is 19.3 Å². The van der Waals surface area contributed by atoms with Gasteiger partial charge in [-0.3, -0.25) is 4.79 Å². The molecule has 0 bridgehead atoms. The summed E-state index contributed by atoms with van der Waals surface area (Å²) in [6.45, 7) is 2.16. The number of hydrogen-bond acceptors (Lipinski definition) is 2. The van der Waals surface area contributed by atoms with Crippen LogP contribution in [-0.4, -0.2) is 22.8 Å². The van der Waals surface area contributed by atoms with Gasteiger partial charge in [0.05, 0.1) is 0 Å². The van der Waals surface area contributed by atoms with Crippen molar-refractivity contribution in [3.63, 3.8) is 0 Å². The molecule has 0 rings (SSSR count). The van der Waals surface area contributed by atoms with Gasteiger partial charge in [-0.15, -0.1) is 0 Å². The monoisotopic (exact) mass is 160 g/mol. The van der Waals surface area contributed by atoms with Crippen LogP contribution in [0.2, 0.25) is 0 Å². The highest BCUT2D eigenvalue weighted by molar-refractivity contribution is 5.66. The van der Waals surface area contributed by atoms with E-state index in [1.165, 1.54) is 0 Å². The molecule has 0 aliphatic carbocycles. The van der Waals surface area contributed by atoms with Crippen molar-refractivity contribution < 1.29 is 15.0 Å². The fraction of sp³-hybridized carbons (Fsp3) is 0.875. The number of hydrogen-bond donors (Lipinski definition) is 2. The van der Waals surface area contributed by atoms with Gasteiger partial charge < -0.3 is 10.2 Å². The van der Waals surface area contributed by atoms with Gasteiger partial charge in [0.25, 0.3) is 0 Å². The molecule has 0 spiro atoms. The van der Waals surface area contributed by atoms with Crippen LogP contribution in [0.15, 0.2) is 0 Å². The van der Waals surface area contributed by atoms with Gasteiger partial charge in [-0.25, -0.2) is 0 Å². The first-order chi connectivity index (χ1) is 5.16. The molecule has 0 aromatic carbocycles. The number of carboxylic acids is 1. The molecule has 0 saturated heterocycles. The second-order valence-electron chi connectivity index (χ2n) is 2.93. The summed E-state index contributed by atoms with van der Waals surface area (Å²) in [7, 11) is 0. The molecule has 3 nitrogen and oxygen atoms in total. The van der Waals surface area contributed by atoms with E-state index in [1.807, 2.05) is 6.92 Å². The van der Waals surface area contributed by atoms with E-state index in [0.29, 0.717) is 5.92 Å². The molecule has 3 heteroatoms. The maximum absolute atomic E-state index is 10.1. The van der Waals surface area contributed by atoms with Gasteiger partial charge in [-0.2, -0.15) is 0 Å². The molecule has 11 heavy (non-hydrogen) atoms. The molecule has 0 aromatic heterocycles. The lowest BCUT2D eigenvalue weighted by Crippen LogP contribution is -2.01. The van der Waals surface area contributed by atoms with Gasteiger partial charge >= 0.3 is 5.97 Å². The van der Waals surface area contributed by atoms with E-state index >= 15 is 0 Å². The first kappa shape index (κ1) is 10.4. The molecule has 0 saturated carbocycles. The van der Waals surface area contributed by atoms with E-state index in [-0.39, 0.29) is 13.0 Å². The number of carboxylic acid groups (broad SMARTS) is 1. The van der Waals surface area contributed by atoms with Crippen molar-refractivity contribution in [1.82, 2.24) is 0 Å². The van der Waals surface area contributed by atoms with E-state index in [9.17, 15) is 4.79 Å². The lowest BCUT2D eigenvalue weighted by Gasteiger charge is -2.05. The molecule has 66 valence electrons. The highest BCUT2D eigenvalue weighted by Crippen LogP contribution is 2.07. The Bertz CT molecular complexity index is 112. The Balaban J connectivity index is 3.08. The average molecular weight is 160 g/mol. The normalized spacial score (nSPS) is 12.9. The molecule has 0 aliphatic heterocycles. The van der Waals surface area contributed by atoms with Crippen LogP contribution in [0, 0.1) is 5.92 Å². The van der Waals surface area contributed by atoms with Gasteiger partial charge in [-0.05, 0) is 18.8 Å². The first-order valence-corrected chi connectivity index (χ1v) is 3.99. The fourth-order valence-electron chi connectivity index (χ4n) is 0.860. The molecule has 0 aliphatic rings. The minimum Gasteiger partial charge on any atom is -0.481 e. The standard InChI is InChI=1S/C8H16O3/c1-7(6-9)4-2-3-5-8(10)11/h7,9H,2-6H2,1H3,(H,10,11). The Labute approximate surface area is 67.0 Å². The van der Waals surface area contributed by atoms with Gasteiger partial charge in [-0.1, -0.05) is 13.3 Å². The molecule has 0 fully saturated rings. The van der Waals surface area contributed by atoms with Crippen molar-refractivity contribution in [2.45, 2.75) is 32.6 Å². The highest BCUT2D eigenvalue weighted by atomic mass is 16.4. The smallest absolute Gasteiger partial charge is 0.303 e. The lowest BCUT2D eigenvalue weighted by atomic mass is 10.0. The largest absolute Gasteiger partial charge is 0.481 e. The van der Waals surface area contributed by atoms with E-state index in [4.69, 9.17) is 10.2 Å². The molecule has 0 radical (unpaired) electrons. The Hall–Kier alpha value is -0.570. The third-order valence-electron chi connectivity index (χ3n) is 1.65. The van der Waals surface area contributed by atoms with E-state index < -0.39 is 5.97 Å². The molecule has 1 unspecified atom stereocenters. The van der Waals surface area contributed by atoms with Crippen molar-refractivity contribution in [1.29, 1.82) is 0 Å². The summed E-state index contributed by atoms with van der Waals surface area (Å²) in [5, 5.41) is 16.9. The van der Waals surface area contributed by atoms with Crippen LogP contribution in [0.1, 0.15) is 32.6 Å². The second kappa shape index (κ2) is 6.16. The highest BCUT2D eigenvalue weighted by Gasteiger charge is 2.00. The van der Waals surface area contributed by atoms with Crippen LogP contribution in [0.5, 0.6) is 0 Å². The summed E-state index contributed by atoms with van der Waals surface area (Å²) in [5.41, 5.74) is 0. The lowest BCUT2D eigenvalue weighted by molar-refractivity contribution is -0.137. The Morgan fingerprint density at radius 1 is 1.45 bits per heavy atom. The van der Waals surface area contributed by atoms with Crippen LogP contribution in [-0.2, 0) is 4.79 Å². The summed E-state index contributed by atoms with van der Waals surface area (Å²) in [6.07, 6.45) is 2.79. The minimum atomic E-state index is -0.735. The van der Waals surface area contributed by atoms with Crippen LogP contribution in [0.25, 0.3) is 0 Å². The van der Waals surface area contributed by atoms with Gasteiger partial charge in [0, 0.05) is 13.0 Å². The number of aliphatic hydroxyl groups excluding tert-OH is 1. The molecule has 1 atom stereocenters. The number of aliphatic hydroxyl groups is 1. The Morgan fingerprint density at radius 2 is 2.09 bits per heavy atom. The zero-order valence-electron chi connectivity index (χ0n) is 6.92. The van der Waals surface area contributed by atoms with E-state index in [1.54, 1.807) is 0 Å². The number of carbonyl (C=O) groups is 1. The summed E-state index contributed by atoms with van der Waals surface area (Å²) in [4.78, 5) is 10.1. The molecule has 0 heterocycles. The molecule has 0 aromatic rings. The van der Waals surface area contributed by atoms with Gasteiger partial charge in [0.1, 0.15) is 0 Å². The third kappa shape index (κ3) is 7.33. The summed E-state index contributed by atoms with van der Waals surface area (Å²) >= 11 is 0. The summed E-state index contributed by atoms with van der Waals surface area (Å²) in [5.74, 6) is -0.426. The van der Waals surface area contributed by atoms with Gasteiger partial charge in [0.2, 0.25) is 0 Å². The number of aliphatic carboxylic acids is 1. The quantitative estimate of drug-likeness (QED) is 0.575. The Kier molecular flexibility index (Phi) is 5.84. The zero-order valence-corrected chi connectivity index (χ0v) is 6.92. The zero-order chi connectivity index (χ0) is 8.69. The maximum Gasteiger partial charge on any atom is 0.303 e. The predicted molar refractivity (Wildman–Crippen MR) is 42.4 cm³/mol. The van der Waals surface area contributed by atoms with Crippen LogP contribution >= 0.6 is 0 Å². The van der Waals surface area contributed by atoms with Gasteiger partial charge in [0.15, 0.2) is 0 Å². The first-order valence-electron chi connectivity index (χ1n) is 3.99. The maximum atomic E-state index is 10.1. The molecule has 2 N–H and O–H groups in total. The SMILES string of the molecule is CC(CO)CCCCC(=O)O. The molecular weight excluding hydrogens is 144 g/mol. The van der Waals surface area contributed by atoms with Crippen LogP contribution < -0.4 is 0 Å². The summed E-state index contributed by atoms with van der Waals surface area (Å²) in [6, 6.07) is 0. The van der Waals surface area contributed by atoms with Crippen LogP contribution in [0.3, 0.4) is 0 Å². The van der Waals surface area contributed by atoms with Crippen molar-refractivity contribution in [3.8, 4) is 0 Å². The fourth-order valence-corrected chi connectivity index (χ4v) is 0.860. The van der Waals surface area contributed by atoms with Crippen molar-refractivity contribution >= 4 is 5.97 Å². The second-order valence-corrected chi connectivity index (χ2v) is 2.93. The van der Waals surface area contributed by atoms with Crippen molar-refractivity contribution in [2.75, 3.05) is 6.61 Å². The van der Waals surface area contributed by atoms with Crippen molar-refractivity contribution in [2.24, 2.45) is 5.92 Å².